The van der Waals surface area contributed by atoms with Crippen LogP contribution < -0.4 is 24.3 Å². The van der Waals surface area contributed by atoms with Crippen LogP contribution in [0.2, 0.25) is 0 Å². The van der Waals surface area contributed by atoms with Crippen LogP contribution >= 0.6 is 46.6 Å². The number of alkyl carbamates (subject to hydrolysis) is 1. The Balaban J connectivity index is 1.42. The van der Waals surface area contributed by atoms with Gasteiger partial charge in [-0.25, -0.2) is 9.59 Å². The third-order valence-electron chi connectivity index (χ3n) is 10.4. The van der Waals surface area contributed by atoms with Crippen LogP contribution in [-0.2, 0) is 25.4 Å². The SMILES string of the molecule is COCOc1c(OC)c(C)cc2c1[C@@H]1C3[C@@H]4SCC(NC(=O)OCC(Cl)(Cl)Cl)C(=O)OC[C@@H](c5c6c(c(C)c(O)c54)OCO6)N3[C@@H](C#N)[C@H](C2)N1C. The third kappa shape index (κ3) is 6.10. The summed E-state index contributed by atoms with van der Waals surface area (Å²) in [5.74, 6) is 1.18. The molecule has 2 unspecified atom stereocenters. The van der Waals surface area contributed by atoms with Crippen molar-refractivity contribution < 1.29 is 47.9 Å². The van der Waals surface area contributed by atoms with Crippen LogP contribution in [0.5, 0.6) is 28.7 Å². The fourth-order valence-electron chi connectivity index (χ4n) is 8.38. The molecule has 0 radical (unpaired) electrons. The van der Waals surface area contributed by atoms with Crippen LogP contribution in [-0.4, -0.2) is 109 Å². The Kier molecular flexibility index (Phi) is 10.1. The van der Waals surface area contributed by atoms with Crippen LogP contribution in [0.15, 0.2) is 6.07 Å². The highest BCUT2D eigenvalue weighted by Gasteiger charge is 2.60. The van der Waals surface area contributed by atoms with Gasteiger partial charge >= 0.3 is 12.1 Å². The fraction of sp³-hybridized carbons (Fsp3) is 0.559. The van der Waals surface area contributed by atoms with E-state index in [1.807, 2.05) is 14.0 Å². The highest BCUT2D eigenvalue weighted by atomic mass is 35.6. The molecular weight excluding hydrogens is 763 g/mol. The molecule has 5 aliphatic heterocycles. The van der Waals surface area contributed by atoms with E-state index in [0.717, 1.165) is 16.7 Å². The molecule has 0 aromatic heterocycles. The predicted molar refractivity (Wildman–Crippen MR) is 190 cm³/mol. The van der Waals surface area contributed by atoms with Crippen molar-refractivity contribution >= 4 is 58.6 Å². The molecule has 0 aliphatic carbocycles. The molecule has 5 heterocycles. The smallest absolute Gasteiger partial charge is 0.408 e. The molecule has 280 valence electrons. The monoisotopic (exact) mass is 798 g/mol. The first kappa shape index (κ1) is 37.1. The van der Waals surface area contributed by atoms with Gasteiger partial charge in [0.1, 0.15) is 31.0 Å². The summed E-state index contributed by atoms with van der Waals surface area (Å²) >= 11 is 18.6. The van der Waals surface area contributed by atoms with Gasteiger partial charge in [-0.1, -0.05) is 40.9 Å². The molecule has 18 heteroatoms. The van der Waals surface area contributed by atoms with Crippen LogP contribution in [0.4, 0.5) is 4.79 Å². The summed E-state index contributed by atoms with van der Waals surface area (Å²) in [7, 11) is 5.11. The molecule has 4 bridgehead atoms. The zero-order valence-electron chi connectivity index (χ0n) is 28.9. The second-order valence-electron chi connectivity index (χ2n) is 13.2. The number of carbonyl (C=O) groups is 2. The Labute approximate surface area is 319 Å². The maximum Gasteiger partial charge on any atom is 0.408 e. The van der Waals surface area contributed by atoms with Gasteiger partial charge in [0, 0.05) is 47.2 Å². The molecule has 0 spiro atoms. The lowest BCUT2D eigenvalue weighted by molar-refractivity contribution is -0.151. The van der Waals surface area contributed by atoms with Crippen molar-refractivity contribution in [1.82, 2.24) is 15.1 Å². The summed E-state index contributed by atoms with van der Waals surface area (Å²) in [6.45, 7) is 2.81. The summed E-state index contributed by atoms with van der Waals surface area (Å²) in [6, 6.07) is 0.820. The lowest BCUT2D eigenvalue weighted by atomic mass is 9.71. The van der Waals surface area contributed by atoms with Crippen molar-refractivity contribution in [3.8, 4) is 34.8 Å². The van der Waals surface area contributed by atoms with Gasteiger partial charge in [-0.3, -0.25) is 9.80 Å². The van der Waals surface area contributed by atoms with Crippen molar-refractivity contribution in [3.05, 3.63) is 39.4 Å². The fourth-order valence-corrected chi connectivity index (χ4v) is 10.1. The highest BCUT2D eigenvalue weighted by molar-refractivity contribution is 7.99. The number of nitriles is 1. The molecule has 0 saturated carbocycles. The number of nitrogens with zero attached hydrogens (tertiary/aromatic N) is 3. The second-order valence-corrected chi connectivity index (χ2v) is 16.9. The first-order chi connectivity index (χ1) is 24.8. The normalized spacial score (nSPS) is 27.8. The predicted octanol–water partition coefficient (Wildman–Crippen LogP) is 4.75. The summed E-state index contributed by atoms with van der Waals surface area (Å²) in [5, 5.41) is 25.0. The number of ether oxygens (including phenoxy) is 7. The topological polar surface area (TPSA) is 161 Å². The molecule has 2 saturated heterocycles. The van der Waals surface area contributed by atoms with Crippen LogP contribution in [0.1, 0.15) is 50.7 Å². The van der Waals surface area contributed by atoms with Crippen molar-refractivity contribution in [1.29, 1.82) is 5.26 Å². The number of aromatic hydroxyl groups is 1. The first-order valence-corrected chi connectivity index (χ1v) is 18.6. The van der Waals surface area contributed by atoms with E-state index in [2.05, 4.69) is 27.3 Å². The Morgan fingerprint density at radius 1 is 1.15 bits per heavy atom. The molecule has 2 aromatic carbocycles. The Morgan fingerprint density at radius 3 is 2.60 bits per heavy atom. The van der Waals surface area contributed by atoms with Crippen molar-refractivity contribution in [2.45, 2.75) is 65.6 Å². The number of aryl methyl sites for hydroxylation is 1. The van der Waals surface area contributed by atoms with Crippen LogP contribution in [0.25, 0.3) is 0 Å². The number of nitrogens with one attached hydrogen (secondary N) is 1. The lowest BCUT2D eigenvalue weighted by Crippen LogP contribution is -2.69. The Bertz CT molecular complexity index is 1840. The number of rotatable bonds is 6. The lowest BCUT2D eigenvalue weighted by Gasteiger charge is -2.61. The highest BCUT2D eigenvalue weighted by Crippen LogP contribution is 2.64. The van der Waals surface area contributed by atoms with E-state index in [9.17, 15) is 20.0 Å². The molecule has 2 N–H and O–H groups in total. The standard InChI is InChI=1S/C34H37Cl3N4O10S/c1-14-6-16-7-18-19(8-38)41-20-9-47-32(43)17(39-33(44)48-11-34(35,36)37)10-52-31(23-22(20)30-28(50-13-51-30)15(2)26(23)42)25(41)24(40(18)3)21(16)29(27(14)46-5)49-12-45-4/h6,17-20,24-25,31,42H,7,9-13H2,1-5H3,(H,39,44)/t17?,18-,19-,20-,24+,25?,31+/m0/s1. The van der Waals surface area contributed by atoms with E-state index in [1.165, 1.54) is 11.8 Å². The van der Waals surface area contributed by atoms with Crippen molar-refractivity contribution in [2.24, 2.45) is 0 Å². The van der Waals surface area contributed by atoms with E-state index in [4.69, 9.17) is 68.0 Å². The van der Waals surface area contributed by atoms with Gasteiger partial charge in [-0.05, 0) is 38.4 Å². The summed E-state index contributed by atoms with van der Waals surface area (Å²) < 4.78 is 38.6. The minimum absolute atomic E-state index is 0.00607. The molecule has 52 heavy (non-hydrogen) atoms. The minimum Gasteiger partial charge on any atom is -0.507 e. The maximum absolute atomic E-state index is 13.7. The third-order valence-corrected chi connectivity index (χ3v) is 12.1. The van der Waals surface area contributed by atoms with Gasteiger partial charge in [0.2, 0.25) is 10.6 Å². The Hall–Kier alpha value is -3.23. The summed E-state index contributed by atoms with van der Waals surface area (Å²) in [6.07, 6.45) is -0.456. The van der Waals surface area contributed by atoms with E-state index in [-0.39, 0.29) is 37.7 Å². The number of alkyl halides is 3. The average Bonchev–Trinajstić information content (AvgIpc) is 3.59. The van der Waals surface area contributed by atoms with E-state index in [0.29, 0.717) is 46.1 Å². The van der Waals surface area contributed by atoms with Gasteiger partial charge < -0.3 is 43.6 Å². The largest absolute Gasteiger partial charge is 0.507 e. The van der Waals surface area contributed by atoms with Crippen molar-refractivity contribution in [2.75, 3.05) is 53.8 Å². The number of thioether (sulfide) groups is 1. The number of amides is 1. The van der Waals surface area contributed by atoms with E-state index >= 15 is 0 Å². The maximum atomic E-state index is 13.7. The van der Waals surface area contributed by atoms with Gasteiger partial charge in [-0.2, -0.15) is 5.26 Å². The van der Waals surface area contributed by atoms with Gasteiger partial charge in [0.15, 0.2) is 29.8 Å². The van der Waals surface area contributed by atoms with E-state index < -0.39 is 57.9 Å². The molecule has 7 atom stereocenters. The zero-order chi connectivity index (χ0) is 37.2. The number of methoxy groups -OCH3 is 2. The number of piperazine rings is 1. The number of carbonyl (C=O) groups excluding carboxylic acids is 2. The number of halogens is 3. The molecular formula is C34H37Cl3N4O10S. The quantitative estimate of drug-likeness (QED) is 0.234. The van der Waals surface area contributed by atoms with Gasteiger partial charge in [-0.15, -0.1) is 11.8 Å². The number of phenolic OH excluding ortho intramolecular Hbond substituents is 1. The number of hydrogen-bond donors (Lipinski definition) is 2. The van der Waals surface area contributed by atoms with E-state index in [1.54, 1.807) is 21.1 Å². The van der Waals surface area contributed by atoms with Crippen LogP contribution in [0.3, 0.4) is 0 Å². The first-order valence-electron chi connectivity index (χ1n) is 16.4. The number of phenols is 1. The van der Waals surface area contributed by atoms with Gasteiger partial charge in [0.25, 0.3) is 0 Å². The number of cyclic esters (lactones) is 1. The molecule has 7 rings (SSSR count). The number of fused-ring (bicyclic) bond motifs is 9. The van der Waals surface area contributed by atoms with Gasteiger partial charge in [0.05, 0.1) is 30.5 Å². The summed E-state index contributed by atoms with van der Waals surface area (Å²) in [4.78, 5) is 30.8. The zero-order valence-corrected chi connectivity index (χ0v) is 32.0. The Morgan fingerprint density at radius 2 is 1.90 bits per heavy atom. The number of benzene rings is 2. The number of hydrogen-bond acceptors (Lipinski definition) is 14. The molecule has 1 amide bonds. The molecule has 14 nitrogen and oxygen atoms in total. The number of likely N-dealkylation sites (N-methyl/N-ethyl adjacent to an activating group) is 1. The second kappa shape index (κ2) is 14.2. The molecule has 2 fully saturated rings. The average molecular weight is 800 g/mol. The molecule has 5 aliphatic rings. The number of esters is 1. The van der Waals surface area contributed by atoms with Crippen LogP contribution in [0, 0.1) is 25.2 Å². The molecule has 2 aromatic rings. The minimum atomic E-state index is -1.86. The summed E-state index contributed by atoms with van der Waals surface area (Å²) in [5.41, 5.74) is 4.40. The van der Waals surface area contributed by atoms with Crippen molar-refractivity contribution in [3.63, 3.8) is 0 Å².